The highest BCUT2D eigenvalue weighted by molar-refractivity contribution is 5.99. The highest BCUT2D eigenvalue weighted by Crippen LogP contribution is 1.97. The summed E-state index contributed by atoms with van der Waals surface area (Å²) in [4.78, 5) is 21.4. The predicted octanol–water partition coefficient (Wildman–Crippen LogP) is 0.153. The Morgan fingerprint density at radius 1 is 1.27 bits per heavy atom. The zero-order valence-electron chi connectivity index (χ0n) is 6.92. The average molecular weight is 160 g/mol. The van der Waals surface area contributed by atoms with Crippen LogP contribution in [0, 0.1) is 0 Å². The molecule has 0 unspecified atom stereocenters. The van der Waals surface area contributed by atoms with Crippen molar-refractivity contribution in [2.75, 3.05) is 14.2 Å². The van der Waals surface area contributed by atoms with Crippen LogP contribution in [-0.4, -0.2) is 32.1 Å². The molecule has 0 amide bonds. The summed E-state index contributed by atoms with van der Waals surface area (Å²) in [5.41, 5.74) is 0. The number of methoxy groups -OCH3 is 2. The van der Waals surface area contributed by atoms with Gasteiger partial charge in [-0.05, 0) is 6.92 Å². The number of Topliss-reactive ketones (excluding diaryl/α,β-unsaturated/α-hetero) is 2. The maximum atomic E-state index is 10.9. The molecule has 0 bridgehead atoms. The maximum Gasteiger partial charge on any atom is 0.217 e. The van der Waals surface area contributed by atoms with E-state index in [0.717, 1.165) is 0 Å². The van der Waals surface area contributed by atoms with Crippen LogP contribution in [0.25, 0.3) is 0 Å². The number of hydrogen-bond donors (Lipinski definition) is 0. The average Bonchev–Trinajstić information content (AvgIpc) is 1.88. The fraction of sp³-hybridized carbons (Fsp3) is 0.714. The summed E-state index contributed by atoms with van der Waals surface area (Å²) in [6.45, 7) is 1.35. The fourth-order valence-electron chi connectivity index (χ4n) is 0.688. The van der Waals surface area contributed by atoms with Crippen LogP contribution in [0.1, 0.15) is 13.3 Å². The lowest BCUT2D eigenvalue weighted by Gasteiger charge is -2.09. The largest absolute Gasteiger partial charge is 0.349 e. The van der Waals surface area contributed by atoms with Crippen LogP contribution in [0.15, 0.2) is 0 Å². The second-order valence-electron chi connectivity index (χ2n) is 2.15. The van der Waals surface area contributed by atoms with Gasteiger partial charge in [-0.2, -0.15) is 0 Å². The Balaban J connectivity index is 3.89. The van der Waals surface area contributed by atoms with Crippen LogP contribution in [-0.2, 0) is 19.1 Å². The lowest BCUT2D eigenvalue weighted by atomic mass is 10.2. The molecule has 64 valence electrons. The standard InChI is InChI=1S/C7H12O4/c1-5(8)4-6(9)7(10-2)11-3/h7H,4H2,1-3H3. The number of hydrogen-bond acceptors (Lipinski definition) is 4. The molecule has 0 aromatic carbocycles. The van der Waals surface area contributed by atoms with Crippen LogP contribution >= 0.6 is 0 Å². The first kappa shape index (κ1) is 10.3. The van der Waals surface area contributed by atoms with Gasteiger partial charge in [0.25, 0.3) is 0 Å². The van der Waals surface area contributed by atoms with Gasteiger partial charge in [0.05, 0.1) is 6.42 Å². The molecule has 0 saturated heterocycles. The van der Waals surface area contributed by atoms with E-state index in [0.29, 0.717) is 0 Å². The van der Waals surface area contributed by atoms with Crippen LogP contribution in [0.5, 0.6) is 0 Å². The first-order chi connectivity index (χ1) is 5.11. The van der Waals surface area contributed by atoms with E-state index in [1.807, 2.05) is 0 Å². The van der Waals surface area contributed by atoms with Crippen LogP contribution in [0.4, 0.5) is 0 Å². The molecule has 0 aliphatic heterocycles. The smallest absolute Gasteiger partial charge is 0.217 e. The second kappa shape index (κ2) is 4.98. The van der Waals surface area contributed by atoms with E-state index in [1.165, 1.54) is 21.1 Å². The lowest BCUT2D eigenvalue weighted by molar-refractivity contribution is -0.157. The molecule has 0 radical (unpaired) electrons. The Morgan fingerprint density at radius 2 is 1.73 bits per heavy atom. The molecule has 0 aliphatic rings. The zero-order valence-corrected chi connectivity index (χ0v) is 6.92. The van der Waals surface area contributed by atoms with Gasteiger partial charge in [0, 0.05) is 14.2 Å². The van der Waals surface area contributed by atoms with Gasteiger partial charge in [-0.3, -0.25) is 9.59 Å². The van der Waals surface area contributed by atoms with Crippen LogP contribution in [0.3, 0.4) is 0 Å². The fourth-order valence-corrected chi connectivity index (χ4v) is 0.688. The van der Waals surface area contributed by atoms with Gasteiger partial charge < -0.3 is 9.47 Å². The predicted molar refractivity (Wildman–Crippen MR) is 38.1 cm³/mol. The van der Waals surface area contributed by atoms with Crippen molar-refractivity contribution in [2.24, 2.45) is 0 Å². The Bertz CT molecular complexity index is 149. The van der Waals surface area contributed by atoms with E-state index in [1.54, 1.807) is 0 Å². The Hall–Kier alpha value is -0.740. The number of ether oxygens (including phenoxy) is 2. The molecule has 0 N–H and O–H groups in total. The number of rotatable bonds is 5. The summed E-state index contributed by atoms with van der Waals surface area (Å²) in [6.07, 6.45) is -1.04. The summed E-state index contributed by atoms with van der Waals surface area (Å²) >= 11 is 0. The van der Waals surface area contributed by atoms with Crippen molar-refractivity contribution in [3.8, 4) is 0 Å². The van der Waals surface area contributed by atoms with E-state index < -0.39 is 6.29 Å². The Kier molecular flexibility index (Phi) is 4.65. The van der Waals surface area contributed by atoms with Gasteiger partial charge in [0.15, 0.2) is 5.78 Å². The van der Waals surface area contributed by atoms with Crippen LogP contribution < -0.4 is 0 Å². The summed E-state index contributed by atoms with van der Waals surface area (Å²) in [7, 11) is 2.71. The molecule has 0 aromatic rings. The summed E-state index contributed by atoms with van der Waals surface area (Å²) in [5.74, 6) is -0.531. The monoisotopic (exact) mass is 160 g/mol. The summed E-state index contributed by atoms with van der Waals surface area (Å²) in [5, 5.41) is 0. The van der Waals surface area contributed by atoms with Crippen LogP contribution in [0.2, 0.25) is 0 Å². The molecule has 0 rings (SSSR count). The van der Waals surface area contributed by atoms with Crippen molar-refractivity contribution >= 4 is 11.6 Å². The Morgan fingerprint density at radius 3 is 2.00 bits per heavy atom. The first-order valence-corrected chi connectivity index (χ1v) is 3.19. The molecule has 0 spiro atoms. The normalized spacial score (nSPS) is 10.2. The van der Waals surface area contributed by atoms with Gasteiger partial charge >= 0.3 is 0 Å². The summed E-state index contributed by atoms with van der Waals surface area (Å²) in [6, 6.07) is 0. The number of carbonyl (C=O) groups excluding carboxylic acids is 2. The molecule has 0 aromatic heterocycles. The maximum absolute atomic E-state index is 10.9. The minimum Gasteiger partial charge on any atom is -0.349 e. The van der Waals surface area contributed by atoms with Crippen molar-refractivity contribution in [1.29, 1.82) is 0 Å². The quantitative estimate of drug-likeness (QED) is 0.424. The van der Waals surface area contributed by atoms with E-state index in [-0.39, 0.29) is 18.0 Å². The van der Waals surface area contributed by atoms with Crippen molar-refractivity contribution in [3.63, 3.8) is 0 Å². The van der Waals surface area contributed by atoms with Crippen molar-refractivity contribution in [1.82, 2.24) is 0 Å². The van der Waals surface area contributed by atoms with Crippen molar-refractivity contribution in [3.05, 3.63) is 0 Å². The third kappa shape index (κ3) is 3.85. The third-order valence-electron chi connectivity index (χ3n) is 1.11. The van der Waals surface area contributed by atoms with E-state index in [4.69, 9.17) is 0 Å². The molecular formula is C7H12O4. The molecule has 4 heteroatoms. The molecule has 0 atom stereocenters. The van der Waals surface area contributed by atoms with Gasteiger partial charge in [-0.15, -0.1) is 0 Å². The topological polar surface area (TPSA) is 52.6 Å². The van der Waals surface area contributed by atoms with E-state index in [9.17, 15) is 9.59 Å². The minimum absolute atomic E-state index is 0.133. The number of ketones is 2. The molecule has 0 fully saturated rings. The molecule has 0 saturated carbocycles. The number of carbonyl (C=O) groups is 2. The van der Waals surface area contributed by atoms with Gasteiger partial charge in [-0.1, -0.05) is 0 Å². The second-order valence-corrected chi connectivity index (χ2v) is 2.15. The highest BCUT2D eigenvalue weighted by Gasteiger charge is 2.17. The SMILES string of the molecule is COC(OC)C(=O)CC(C)=O. The molecule has 0 heterocycles. The van der Waals surface area contributed by atoms with Gasteiger partial charge in [0.2, 0.25) is 6.29 Å². The van der Waals surface area contributed by atoms with Gasteiger partial charge in [0.1, 0.15) is 5.78 Å². The lowest BCUT2D eigenvalue weighted by Crippen LogP contribution is -2.26. The molecule has 4 nitrogen and oxygen atoms in total. The van der Waals surface area contributed by atoms with Crippen molar-refractivity contribution < 1.29 is 19.1 Å². The highest BCUT2D eigenvalue weighted by atomic mass is 16.7. The third-order valence-corrected chi connectivity index (χ3v) is 1.11. The summed E-state index contributed by atoms with van der Waals surface area (Å²) < 4.78 is 9.28. The Labute approximate surface area is 65.5 Å². The van der Waals surface area contributed by atoms with Crippen molar-refractivity contribution in [2.45, 2.75) is 19.6 Å². The van der Waals surface area contributed by atoms with E-state index >= 15 is 0 Å². The minimum atomic E-state index is -0.904. The molecule has 11 heavy (non-hydrogen) atoms. The zero-order chi connectivity index (χ0) is 8.85. The van der Waals surface area contributed by atoms with E-state index in [2.05, 4.69) is 9.47 Å². The molecule has 0 aliphatic carbocycles. The first-order valence-electron chi connectivity index (χ1n) is 3.19. The molecular weight excluding hydrogens is 148 g/mol. The van der Waals surface area contributed by atoms with Gasteiger partial charge in [-0.25, -0.2) is 0 Å².